The number of benzene rings is 2. The van der Waals surface area contributed by atoms with E-state index in [-0.39, 0.29) is 5.78 Å². The summed E-state index contributed by atoms with van der Waals surface area (Å²) in [5.74, 6) is 1.47. The van der Waals surface area contributed by atoms with Gasteiger partial charge >= 0.3 is 0 Å². The standard InChI is InChI=1S/C19H16BrNO2/c1-13-17(21-19(23-13)14-7-3-2-4-8-14)11-12-18(22)15-9-5-6-10-16(15)20/h2-10H,11-12H2,1H3. The molecular weight excluding hydrogens is 354 g/mol. The molecule has 3 rings (SSSR count). The number of carbonyl (C=O) groups is 1. The summed E-state index contributed by atoms with van der Waals surface area (Å²) in [6.07, 6.45) is 0.979. The fourth-order valence-corrected chi connectivity index (χ4v) is 2.92. The molecule has 116 valence electrons. The van der Waals surface area contributed by atoms with Gasteiger partial charge < -0.3 is 4.42 Å². The van der Waals surface area contributed by atoms with Gasteiger partial charge in [-0.1, -0.05) is 52.3 Å². The third-order valence-corrected chi connectivity index (χ3v) is 4.37. The minimum atomic E-state index is 0.0983. The number of ketones is 1. The fraction of sp³-hybridized carbons (Fsp3) is 0.158. The fourth-order valence-electron chi connectivity index (χ4n) is 2.42. The van der Waals surface area contributed by atoms with Crippen LogP contribution in [0.2, 0.25) is 0 Å². The van der Waals surface area contributed by atoms with Gasteiger partial charge in [-0.05, 0) is 25.1 Å². The van der Waals surface area contributed by atoms with Crippen molar-refractivity contribution in [3.8, 4) is 11.5 Å². The number of nitrogens with zero attached hydrogens (tertiary/aromatic N) is 1. The second-order valence-corrected chi connectivity index (χ2v) is 6.15. The van der Waals surface area contributed by atoms with Gasteiger partial charge in [-0.2, -0.15) is 0 Å². The quantitative estimate of drug-likeness (QED) is 0.578. The van der Waals surface area contributed by atoms with Crippen molar-refractivity contribution in [3.05, 3.63) is 76.1 Å². The summed E-state index contributed by atoms with van der Waals surface area (Å²) in [5, 5.41) is 0. The summed E-state index contributed by atoms with van der Waals surface area (Å²) in [6, 6.07) is 17.2. The lowest BCUT2D eigenvalue weighted by Gasteiger charge is -2.02. The zero-order valence-corrected chi connectivity index (χ0v) is 14.3. The van der Waals surface area contributed by atoms with Crippen molar-refractivity contribution in [1.82, 2.24) is 4.98 Å². The van der Waals surface area contributed by atoms with Crippen molar-refractivity contribution in [3.63, 3.8) is 0 Å². The number of hydrogen-bond acceptors (Lipinski definition) is 3. The van der Waals surface area contributed by atoms with E-state index in [4.69, 9.17) is 4.42 Å². The first-order valence-corrected chi connectivity index (χ1v) is 8.24. The molecule has 0 aliphatic heterocycles. The van der Waals surface area contributed by atoms with Crippen molar-refractivity contribution < 1.29 is 9.21 Å². The highest BCUT2D eigenvalue weighted by atomic mass is 79.9. The predicted octanol–water partition coefficient (Wildman–Crippen LogP) is 5.23. The Hall–Kier alpha value is -2.20. The van der Waals surface area contributed by atoms with E-state index >= 15 is 0 Å². The Kier molecular flexibility index (Phi) is 4.72. The van der Waals surface area contributed by atoms with Gasteiger partial charge in [-0.15, -0.1) is 0 Å². The summed E-state index contributed by atoms with van der Waals surface area (Å²) in [7, 11) is 0. The molecule has 0 aliphatic carbocycles. The Morgan fingerprint density at radius 1 is 1.09 bits per heavy atom. The predicted molar refractivity (Wildman–Crippen MR) is 93.5 cm³/mol. The molecule has 0 atom stereocenters. The number of aromatic nitrogens is 1. The monoisotopic (exact) mass is 369 g/mol. The van der Waals surface area contributed by atoms with Gasteiger partial charge in [0.2, 0.25) is 5.89 Å². The molecule has 1 heterocycles. The Morgan fingerprint density at radius 3 is 2.52 bits per heavy atom. The maximum absolute atomic E-state index is 12.3. The van der Waals surface area contributed by atoms with Crippen LogP contribution in [0.3, 0.4) is 0 Å². The van der Waals surface area contributed by atoms with E-state index < -0.39 is 0 Å². The van der Waals surface area contributed by atoms with Crippen LogP contribution in [0.4, 0.5) is 0 Å². The average molecular weight is 370 g/mol. The van der Waals surface area contributed by atoms with Gasteiger partial charge in [-0.25, -0.2) is 4.98 Å². The lowest BCUT2D eigenvalue weighted by molar-refractivity contribution is 0.0982. The molecule has 3 aromatic rings. The highest BCUT2D eigenvalue weighted by Crippen LogP contribution is 2.23. The summed E-state index contributed by atoms with van der Waals surface area (Å²) in [4.78, 5) is 16.9. The van der Waals surface area contributed by atoms with Crippen LogP contribution in [-0.4, -0.2) is 10.8 Å². The summed E-state index contributed by atoms with van der Waals surface area (Å²) in [5.41, 5.74) is 2.49. The Morgan fingerprint density at radius 2 is 1.78 bits per heavy atom. The largest absolute Gasteiger partial charge is 0.441 e. The van der Waals surface area contributed by atoms with E-state index in [1.165, 1.54) is 0 Å². The molecule has 0 bridgehead atoms. The molecule has 0 spiro atoms. The van der Waals surface area contributed by atoms with Crippen LogP contribution in [0.5, 0.6) is 0 Å². The summed E-state index contributed by atoms with van der Waals surface area (Å²) in [6.45, 7) is 1.89. The van der Waals surface area contributed by atoms with Crippen LogP contribution in [0, 0.1) is 6.92 Å². The number of aryl methyl sites for hydroxylation is 2. The first-order valence-electron chi connectivity index (χ1n) is 7.44. The summed E-state index contributed by atoms with van der Waals surface area (Å²) < 4.78 is 6.56. The van der Waals surface area contributed by atoms with E-state index in [1.807, 2.05) is 61.5 Å². The van der Waals surface area contributed by atoms with Crippen LogP contribution < -0.4 is 0 Å². The minimum Gasteiger partial charge on any atom is -0.441 e. The van der Waals surface area contributed by atoms with E-state index in [1.54, 1.807) is 0 Å². The van der Waals surface area contributed by atoms with Gasteiger partial charge in [0.1, 0.15) is 5.76 Å². The van der Waals surface area contributed by atoms with Crippen molar-refractivity contribution in [2.75, 3.05) is 0 Å². The second-order valence-electron chi connectivity index (χ2n) is 5.29. The van der Waals surface area contributed by atoms with E-state index in [0.29, 0.717) is 24.3 Å². The molecule has 1 aromatic heterocycles. The molecule has 0 amide bonds. The highest BCUT2D eigenvalue weighted by molar-refractivity contribution is 9.10. The molecule has 2 aromatic carbocycles. The zero-order valence-electron chi connectivity index (χ0n) is 12.8. The third-order valence-electron chi connectivity index (χ3n) is 3.68. The second kappa shape index (κ2) is 6.92. The Labute approximate surface area is 143 Å². The minimum absolute atomic E-state index is 0.0983. The molecule has 0 aliphatic rings. The molecular formula is C19H16BrNO2. The van der Waals surface area contributed by atoms with Crippen molar-refractivity contribution >= 4 is 21.7 Å². The Bertz CT molecular complexity index is 824. The van der Waals surface area contributed by atoms with Crippen molar-refractivity contribution in [2.45, 2.75) is 19.8 Å². The third kappa shape index (κ3) is 3.59. The number of hydrogen-bond donors (Lipinski definition) is 0. The first kappa shape index (κ1) is 15.7. The SMILES string of the molecule is Cc1oc(-c2ccccc2)nc1CCC(=O)c1ccccc1Br. The number of Topliss-reactive ketones (excluding diaryl/α,β-unsaturated/α-hetero) is 1. The van der Waals surface area contributed by atoms with Gasteiger partial charge in [0.15, 0.2) is 5.78 Å². The molecule has 23 heavy (non-hydrogen) atoms. The first-order chi connectivity index (χ1) is 11.1. The van der Waals surface area contributed by atoms with Gasteiger partial charge in [0, 0.05) is 28.4 Å². The van der Waals surface area contributed by atoms with Crippen molar-refractivity contribution in [2.24, 2.45) is 0 Å². The average Bonchev–Trinajstić information content (AvgIpc) is 2.95. The zero-order chi connectivity index (χ0) is 16.2. The molecule has 0 N–H and O–H groups in total. The summed E-state index contributed by atoms with van der Waals surface area (Å²) >= 11 is 3.42. The molecule has 3 nitrogen and oxygen atoms in total. The number of halogens is 1. The number of carbonyl (C=O) groups excluding carboxylic acids is 1. The van der Waals surface area contributed by atoms with Crippen LogP contribution in [0.15, 0.2) is 63.5 Å². The van der Waals surface area contributed by atoms with Crippen molar-refractivity contribution in [1.29, 1.82) is 0 Å². The molecule has 0 unspecified atom stereocenters. The van der Waals surface area contributed by atoms with Crippen LogP contribution in [-0.2, 0) is 6.42 Å². The van der Waals surface area contributed by atoms with Gasteiger partial charge in [0.25, 0.3) is 0 Å². The smallest absolute Gasteiger partial charge is 0.226 e. The lowest BCUT2D eigenvalue weighted by Crippen LogP contribution is -2.03. The maximum Gasteiger partial charge on any atom is 0.226 e. The van der Waals surface area contributed by atoms with E-state index in [0.717, 1.165) is 21.5 Å². The van der Waals surface area contributed by atoms with Crippen LogP contribution in [0.1, 0.15) is 28.2 Å². The molecule has 4 heteroatoms. The van der Waals surface area contributed by atoms with Gasteiger partial charge in [0.05, 0.1) is 5.69 Å². The molecule has 0 radical (unpaired) electrons. The maximum atomic E-state index is 12.3. The number of rotatable bonds is 5. The van der Waals surface area contributed by atoms with Crippen LogP contribution >= 0.6 is 15.9 Å². The molecule has 0 saturated carbocycles. The van der Waals surface area contributed by atoms with E-state index in [9.17, 15) is 4.79 Å². The van der Waals surface area contributed by atoms with Crippen LogP contribution in [0.25, 0.3) is 11.5 Å². The Balaban J connectivity index is 1.73. The highest BCUT2D eigenvalue weighted by Gasteiger charge is 2.14. The number of oxazole rings is 1. The lowest BCUT2D eigenvalue weighted by atomic mass is 10.1. The molecule has 0 saturated heterocycles. The normalized spacial score (nSPS) is 10.7. The van der Waals surface area contributed by atoms with Gasteiger partial charge in [-0.3, -0.25) is 4.79 Å². The molecule has 0 fully saturated rings. The van der Waals surface area contributed by atoms with E-state index in [2.05, 4.69) is 20.9 Å². The topological polar surface area (TPSA) is 43.1 Å².